The molecule has 1 aliphatic carbocycles. The van der Waals surface area contributed by atoms with Gasteiger partial charge < -0.3 is 15.9 Å². The Morgan fingerprint density at radius 1 is 1.35 bits per heavy atom. The molecule has 1 aromatic carbocycles. The van der Waals surface area contributed by atoms with Crippen molar-refractivity contribution in [3.63, 3.8) is 0 Å². The van der Waals surface area contributed by atoms with Crippen LogP contribution in [-0.4, -0.2) is 23.8 Å². The largest absolute Gasteiger partial charge is 0.397 e. The lowest BCUT2D eigenvalue weighted by molar-refractivity contribution is -0.121. The fourth-order valence-corrected chi connectivity index (χ4v) is 3.12. The van der Waals surface area contributed by atoms with Gasteiger partial charge in [0.1, 0.15) is 6.17 Å². The van der Waals surface area contributed by atoms with Crippen LogP contribution in [0.5, 0.6) is 0 Å². The number of benzene rings is 1. The van der Waals surface area contributed by atoms with Gasteiger partial charge in [-0.2, -0.15) is 0 Å². The Kier molecular flexibility index (Phi) is 8.00. The minimum absolute atomic E-state index is 0.0692. The van der Waals surface area contributed by atoms with E-state index in [0.717, 1.165) is 29.7 Å². The van der Waals surface area contributed by atoms with Gasteiger partial charge in [-0.05, 0) is 24.8 Å². The molecule has 26 heavy (non-hydrogen) atoms. The smallest absolute Gasteiger partial charge is 0.250 e. The van der Waals surface area contributed by atoms with Crippen molar-refractivity contribution in [2.45, 2.75) is 46.2 Å². The molecule has 142 valence electrons. The molecule has 0 radical (unpaired) electrons. The van der Waals surface area contributed by atoms with Crippen LogP contribution in [0, 0.1) is 5.92 Å². The van der Waals surface area contributed by atoms with Gasteiger partial charge in [0.25, 0.3) is 5.90 Å². The minimum atomic E-state index is -0.0692. The molecule has 1 saturated carbocycles. The third-order valence-electron chi connectivity index (χ3n) is 3.89. The quantitative estimate of drug-likeness (QED) is 0.636. The van der Waals surface area contributed by atoms with Gasteiger partial charge in [0.2, 0.25) is 5.91 Å². The average molecular weight is 377 g/mol. The van der Waals surface area contributed by atoms with Crippen molar-refractivity contribution in [2.24, 2.45) is 16.6 Å². The van der Waals surface area contributed by atoms with Crippen molar-refractivity contribution in [2.75, 3.05) is 5.88 Å². The molecule has 2 aliphatic rings. The maximum absolute atomic E-state index is 11.8. The first kappa shape index (κ1) is 20.3. The van der Waals surface area contributed by atoms with Gasteiger partial charge >= 0.3 is 0 Å². The number of aliphatic imine (C=N–C) groups is 1. The summed E-state index contributed by atoms with van der Waals surface area (Å²) < 4.78 is 0. The fraction of sp³-hybridized carbons (Fsp3) is 0.474. The van der Waals surface area contributed by atoms with E-state index in [2.05, 4.69) is 15.8 Å². The second-order valence-corrected chi connectivity index (χ2v) is 6.78. The highest BCUT2D eigenvalue weighted by atomic mass is 32.2. The second kappa shape index (κ2) is 10.2. The molecular weight excluding hydrogens is 348 g/mol. The number of thioether (sulfide) groups is 1. The van der Waals surface area contributed by atoms with Crippen molar-refractivity contribution in [1.29, 1.82) is 0 Å². The molecule has 1 heterocycles. The zero-order chi connectivity index (χ0) is 18.9. The average Bonchev–Trinajstić information content (AvgIpc) is 3.45. The Morgan fingerprint density at radius 2 is 2.04 bits per heavy atom. The monoisotopic (exact) mass is 376 g/mol. The lowest BCUT2D eigenvalue weighted by atomic mass is 10.1. The first-order valence-corrected chi connectivity index (χ1v) is 10.1. The molecular formula is C19H28N4O2S. The molecule has 7 heteroatoms. The number of carbonyl (C=O) groups is 1. The number of amides is 1. The van der Waals surface area contributed by atoms with E-state index in [1.54, 1.807) is 0 Å². The van der Waals surface area contributed by atoms with E-state index in [4.69, 9.17) is 10.6 Å². The van der Waals surface area contributed by atoms with Crippen LogP contribution in [0.1, 0.15) is 45.6 Å². The number of nitrogens with two attached hydrogens (primary N) is 1. The number of rotatable bonds is 7. The molecule has 4 N–H and O–H groups in total. The van der Waals surface area contributed by atoms with Crippen LogP contribution < -0.4 is 16.5 Å². The summed E-state index contributed by atoms with van der Waals surface area (Å²) in [5, 5.41) is 2.93. The molecule has 0 saturated heterocycles. The van der Waals surface area contributed by atoms with Crippen LogP contribution >= 0.6 is 11.8 Å². The van der Waals surface area contributed by atoms with Gasteiger partial charge in [0, 0.05) is 5.92 Å². The van der Waals surface area contributed by atoms with Crippen LogP contribution in [-0.2, 0) is 9.63 Å². The van der Waals surface area contributed by atoms with E-state index >= 15 is 0 Å². The van der Waals surface area contributed by atoms with E-state index in [0.29, 0.717) is 17.5 Å². The molecule has 1 unspecified atom stereocenters. The van der Waals surface area contributed by atoms with Gasteiger partial charge in [-0.1, -0.05) is 62.9 Å². The minimum Gasteiger partial charge on any atom is -0.397 e. The maximum atomic E-state index is 11.8. The fourth-order valence-electron chi connectivity index (χ4n) is 2.27. The lowest BCUT2D eigenvalue weighted by Gasteiger charge is -2.12. The molecule has 1 aliphatic heterocycles. The highest BCUT2D eigenvalue weighted by molar-refractivity contribution is 8.04. The Balaban J connectivity index is 0.00000117. The van der Waals surface area contributed by atoms with Crippen molar-refractivity contribution in [1.82, 2.24) is 10.8 Å². The zero-order valence-corrected chi connectivity index (χ0v) is 16.4. The third kappa shape index (κ3) is 5.51. The normalized spacial score (nSPS) is 19.5. The number of hydrogen-bond donors (Lipinski definition) is 3. The second-order valence-electron chi connectivity index (χ2n) is 5.79. The number of carbonyl (C=O) groups excluding carboxylic acids is 1. The summed E-state index contributed by atoms with van der Waals surface area (Å²) in [7, 11) is 0. The third-order valence-corrected chi connectivity index (χ3v) is 4.86. The molecule has 3 rings (SSSR count). The standard InChI is InChI=1S/C17H22N4O2S.C2H6/c1-2-13-20-17(23-21-13)15(14(18)11-6-4-3-5-7-11)24-10-19-16(22)12-8-9-12;1-2/h3-7,12-13,21H,2,8-10,18H2,1H3,(H,19,22);1-2H3/b15-14-;. The maximum Gasteiger partial charge on any atom is 0.250 e. The van der Waals surface area contributed by atoms with E-state index in [1.807, 2.05) is 51.1 Å². The van der Waals surface area contributed by atoms with Crippen molar-refractivity contribution in [3.8, 4) is 0 Å². The van der Waals surface area contributed by atoms with E-state index in [-0.39, 0.29) is 18.0 Å². The van der Waals surface area contributed by atoms with Gasteiger partial charge in [-0.3, -0.25) is 4.79 Å². The number of hydrogen-bond acceptors (Lipinski definition) is 6. The Hall–Kier alpha value is -1.99. The van der Waals surface area contributed by atoms with Crippen molar-refractivity contribution >= 4 is 29.3 Å². The molecule has 6 nitrogen and oxygen atoms in total. The molecule has 0 spiro atoms. The Labute approximate surface area is 159 Å². The molecule has 0 bridgehead atoms. The SMILES string of the molecule is CC.CCC1N=C(/C(SCNC(=O)C2CC2)=C(/N)c2ccccc2)ON1. The lowest BCUT2D eigenvalue weighted by Crippen LogP contribution is -2.25. The number of nitrogens with zero attached hydrogens (tertiary/aromatic N) is 1. The Bertz CT molecular complexity index is 657. The van der Waals surface area contributed by atoms with Gasteiger partial charge in [0.05, 0.1) is 16.5 Å². The van der Waals surface area contributed by atoms with E-state index in [9.17, 15) is 4.79 Å². The van der Waals surface area contributed by atoms with Crippen LogP contribution in [0.15, 0.2) is 40.2 Å². The van der Waals surface area contributed by atoms with Crippen LogP contribution in [0.2, 0.25) is 0 Å². The summed E-state index contributed by atoms with van der Waals surface area (Å²) in [4.78, 5) is 22.6. The summed E-state index contributed by atoms with van der Waals surface area (Å²) in [6, 6.07) is 9.70. The summed E-state index contributed by atoms with van der Waals surface area (Å²) in [5.74, 6) is 1.22. The predicted molar refractivity (Wildman–Crippen MR) is 108 cm³/mol. The molecule has 1 fully saturated rings. The van der Waals surface area contributed by atoms with Crippen LogP contribution in [0.4, 0.5) is 0 Å². The molecule has 1 amide bonds. The molecule has 1 aromatic rings. The molecule has 1 atom stereocenters. The molecule has 0 aromatic heterocycles. The zero-order valence-electron chi connectivity index (χ0n) is 15.6. The summed E-state index contributed by atoms with van der Waals surface area (Å²) >= 11 is 1.43. The predicted octanol–water partition coefficient (Wildman–Crippen LogP) is 3.23. The first-order valence-electron chi connectivity index (χ1n) is 9.15. The highest BCUT2D eigenvalue weighted by Crippen LogP contribution is 2.30. The van der Waals surface area contributed by atoms with E-state index in [1.165, 1.54) is 11.8 Å². The summed E-state index contributed by atoms with van der Waals surface area (Å²) in [5.41, 5.74) is 10.7. The van der Waals surface area contributed by atoms with Crippen molar-refractivity contribution < 1.29 is 9.63 Å². The van der Waals surface area contributed by atoms with Gasteiger partial charge in [-0.15, -0.1) is 5.48 Å². The number of hydroxylamine groups is 1. The van der Waals surface area contributed by atoms with Gasteiger partial charge in [-0.25, -0.2) is 4.99 Å². The van der Waals surface area contributed by atoms with E-state index < -0.39 is 0 Å². The van der Waals surface area contributed by atoms with Crippen LogP contribution in [0.3, 0.4) is 0 Å². The topological polar surface area (TPSA) is 88.7 Å². The van der Waals surface area contributed by atoms with Crippen LogP contribution in [0.25, 0.3) is 5.70 Å². The number of nitrogens with one attached hydrogen (secondary N) is 2. The highest BCUT2D eigenvalue weighted by Gasteiger charge is 2.29. The summed E-state index contributed by atoms with van der Waals surface area (Å²) in [6.07, 6.45) is 2.73. The van der Waals surface area contributed by atoms with Gasteiger partial charge in [0.15, 0.2) is 0 Å². The first-order chi connectivity index (χ1) is 12.7. The summed E-state index contributed by atoms with van der Waals surface area (Å²) in [6.45, 7) is 6.03. The Morgan fingerprint density at radius 3 is 2.62 bits per heavy atom. The van der Waals surface area contributed by atoms with Crippen molar-refractivity contribution in [3.05, 3.63) is 40.8 Å².